The molecule has 0 aliphatic heterocycles. The molecule has 0 fully saturated rings. The van der Waals surface area contributed by atoms with Crippen molar-refractivity contribution in [3.05, 3.63) is 90.5 Å². The molecular formula is C29H35N3O5S. The summed E-state index contributed by atoms with van der Waals surface area (Å²) in [5.74, 6) is -0.186. The van der Waals surface area contributed by atoms with Crippen molar-refractivity contribution in [1.29, 1.82) is 0 Å². The number of likely N-dealkylation sites (N-methyl/N-ethyl adjacent to an activating group) is 1. The fraction of sp³-hybridized carbons (Fsp3) is 0.310. The van der Waals surface area contributed by atoms with Gasteiger partial charge in [0.2, 0.25) is 11.8 Å². The van der Waals surface area contributed by atoms with E-state index in [0.29, 0.717) is 31.0 Å². The van der Waals surface area contributed by atoms with Crippen molar-refractivity contribution in [1.82, 2.24) is 10.2 Å². The van der Waals surface area contributed by atoms with Crippen LogP contribution in [-0.2, 0) is 26.0 Å². The van der Waals surface area contributed by atoms with E-state index in [1.807, 2.05) is 37.3 Å². The van der Waals surface area contributed by atoms with E-state index in [0.717, 1.165) is 9.87 Å². The summed E-state index contributed by atoms with van der Waals surface area (Å²) in [7, 11) is -4.09. The van der Waals surface area contributed by atoms with E-state index in [9.17, 15) is 18.0 Å². The van der Waals surface area contributed by atoms with Crippen LogP contribution in [0.5, 0.6) is 5.75 Å². The topological polar surface area (TPSA) is 96.0 Å². The predicted octanol–water partition coefficient (Wildman–Crippen LogP) is 3.88. The van der Waals surface area contributed by atoms with Crippen molar-refractivity contribution in [2.45, 2.75) is 38.1 Å². The van der Waals surface area contributed by atoms with Gasteiger partial charge in [-0.2, -0.15) is 0 Å². The molecule has 0 heterocycles. The monoisotopic (exact) mass is 537 g/mol. The molecule has 0 aliphatic rings. The fourth-order valence-corrected chi connectivity index (χ4v) is 5.45. The Morgan fingerprint density at radius 3 is 2.08 bits per heavy atom. The van der Waals surface area contributed by atoms with Crippen molar-refractivity contribution in [2.24, 2.45) is 0 Å². The van der Waals surface area contributed by atoms with Crippen LogP contribution in [0.2, 0.25) is 0 Å². The number of hydrogen-bond donors (Lipinski definition) is 1. The Balaban J connectivity index is 1.96. The number of rotatable bonds is 13. The van der Waals surface area contributed by atoms with Crippen LogP contribution in [0.1, 0.15) is 26.3 Å². The standard InChI is InChI=1S/C29H35N3O5S/c1-4-30-29(34)23(3)31(21-20-24-12-8-6-9-13-24)28(33)22-32(25-16-18-26(19-17-25)37-5-2)38(35,36)27-14-10-7-11-15-27/h6-19,23H,4-5,20-22H2,1-3H3,(H,30,34). The second-order valence-electron chi connectivity index (χ2n) is 8.64. The number of anilines is 1. The van der Waals surface area contributed by atoms with E-state index in [1.165, 1.54) is 17.0 Å². The first kappa shape index (κ1) is 28.7. The average Bonchev–Trinajstić information content (AvgIpc) is 2.93. The lowest BCUT2D eigenvalue weighted by Crippen LogP contribution is -2.52. The van der Waals surface area contributed by atoms with Gasteiger partial charge in [-0.05, 0) is 69.2 Å². The van der Waals surface area contributed by atoms with Crippen LogP contribution in [0, 0.1) is 0 Å². The quantitative estimate of drug-likeness (QED) is 0.357. The van der Waals surface area contributed by atoms with E-state index in [4.69, 9.17) is 4.74 Å². The maximum atomic E-state index is 13.8. The lowest BCUT2D eigenvalue weighted by molar-refractivity contribution is -0.138. The van der Waals surface area contributed by atoms with Crippen LogP contribution in [0.25, 0.3) is 0 Å². The Bertz CT molecular complexity index is 1280. The zero-order valence-corrected chi connectivity index (χ0v) is 22.9. The molecule has 0 aliphatic carbocycles. The summed E-state index contributed by atoms with van der Waals surface area (Å²) in [5.41, 5.74) is 1.33. The third kappa shape index (κ3) is 7.35. The number of hydrogen-bond acceptors (Lipinski definition) is 5. The first-order valence-electron chi connectivity index (χ1n) is 12.7. The summed E-state index contributed by atoms with van der Waals surface area (Å²) < 4.78 is 34.0. The Kier molecular flexibility index (Phi) is 10.3. The van der Waals surface area contributed by atoms with Gasteiger partial charge in [-0.15, -0.1) is 0 Å². The number of amides is 2. The molecule has 0 spiro atoms. The Morgan fingerprint density at radius 1 is 0.895 bits per heavy atom. The van der Waals surface area contributed by atoms with Gasteiger partial charge in [-0.1, -0.05) is 48.5 Å². The van der Waals surface area contributed by atoms with Gasteiger partial charge in [0.05, 0.1) is 17.2 Å². The van der Waals surface area contributed by atoms with Gasteiger partial charge in [-0.3, -0.25) is 13.9 Å². The molecular weight excluding hydrogens is 502 g/mol. The molecule has 0 bridgehead atoms. The molecule has 38 heavy (non-hydrogen) atoms. The molecule has 2 amide bonds. The van der Waals surface area contributed by atoms with Crippen molar-refractivity contribution in [2.75, 3.05) is 30.5 Å². The van der Waals surface area contributed by atoms with E-state index >= 15 is 0 Å². The number of nitrogens with zero attached hydrogens (tertiary/aromatic N) is 2. The van der Waals surface area contributed by atoms with E-state index in [-0.39, 0.29) is 17.3 Å². The highest BCUT2D eigenvalue weighted by Gasteiger charge is 2.32. The van der Waals surface area contributed by atoms with Gasteiger partial charge in [-0.25, -0.2) is 8.42 Å². The molecule has 3 aromatic rings. The summed E-state index contributed by atoms with van der Waals surface area (Å²) in [5, 5.41) is 2.76. The van der Waals surface area contributed by atoms with E-state index in [1.54, 1.807) is 56.3 Å². The van der Waals surface area contributed by atoms with E-state index < -0.39 is 28.5 Å². The van der Waals surface area contributed by atoms with Gasteiger partial charge in [0.1, 0.15) is 18.3 Å². The smallest absolute Gasteiger partial charge is 0.264 e. The summed E-state index contributed by atoms with van der Waals surface area (Å²) in [6, 6.07) is 23.4. The van der Waals surface area contributed by atoms with Crippen LogP contribution in [0.15, 0.2) is 89.8 Å². The highest BCUT2D eigenvalue weighted by Crippen LogP contribution is 2.26. The summed E-state index contributed by atoms with van der Waals surface area (Å²) >= 11 is 0. The van der Waals surface area contributed by atoms with Gasteiger partial charge in [0.15, 0.2) is 0 Å². The molecule has 9 heteroatoms. The van der Waals surface area contributed by atoms with Crippen LogP contribution >= 0.6 is 0 Å². The number of carbonyl (C=O) groups excluding carboxylic acids is 2. The lowest BCUT2D eigenvalue weighted by atomic mass is 10.1. The third-order valence-electron chi connectivity index (χ3n) is 6.05. The Labute approximate surface area is 225 Å². The largest absolute Gasteiger partial charge is 0.494 e. The molecule has 0 saturated carbocycles. The molecule has 1 atom stereocenters. The van der Waals surface area contributed by atoms with Crippen LogP contribution < -0.4 is 14.4 Å². The molecule has 0 saturated heterocycles. The minimum atomic E-state index is -4.09. The minimum Gasteiger partial charge on any atom is -0.494 e. The lowest BCUT2D eigenvalue weighted by Gasteiger charge is -2.32. The van der Waals surface area contributed by atoms with Crippen molar-refractivity contribution in [3.8, 4) is 5.75 Å². The van der Waals surface area contributed by atoms with Crippen molar-refractivity contribution >= 4 is 27.5 Å². The highest BCUT2D eigenvalue weighted by atomic mass is 32.2. The van der Waals surface area contributed by atoms with Gasteiger partial charge in [0, 0.05) is 13.1 Å². The normalized spacial score (nSPS) is 11.9. The van der Waals surface area contributed by atoms with Gasteiger partial charge in [0.25, 0.3) is 10.0 Å². The maximum Gasteiger partial charge on any atom is 0.264 e. The molecule has 3 aromatic carbocycles. The molecule has 3 rings (SSSR count). The molecule has 1 N–H and O–H groups in total. The zero-order valence-electron chi connectivity index (χ0n) is 22.0. The second-order valence-corrected chi connectivity index (χ2v) is 10.5. The number of ether oxygens (including phenoxy) is 1. The minimum absolute atomic E-state index is 0.0642. The van der Waals surface area contributed by atoms with E-state index in [2.05, 4.69) is 5.32 Å². The maximum absolute atomic E-state index is 13.8. The van der Waals surface area contributed by atoms with Crippen LogP contribution in [0.3, 0.4) is 0 Å². The first-order valence-corrected chi connectivity index (χ1v) is 14.1. The summed E-state index contributed by atoms with van der Waals surface area (Å²) in [4.78, 5) is 28.0. The van der Waals surface area contributed by atoms with Crippen LogP contribution in [-0.4, -0.2) is 57.4 Å². The predicted molar refractivity (Wildman–Crippen MR) is 149 cm³/mol. The SMILES string of the molecule is CCNC(=O)C(C)N(CCc1ccccc1)C(=O)CN(c1ccc(OCC)cc1)S(=O)(=O)c1ccccc1. The molecule has 8 nitrogen and oxygen atoms in total. The number of nitrogens with one attached hydrogen (secondary N) is 1. The van der Waals surface area contributed by atoms with Crippen LogP contribution in [0.4, 0.5) is 5.69 Å². The molecule has 202 valence electrons. The number of benzene rings is 3. The zero-order chi connectivity index (χ0) is 27.5. The third-order valence-corrected chi connectivity index (χ3v) is 7.84. The fourth-order valence-electron chi connectivity index (χ4n) is 4.02. The van der Waals surface area contributed by atoms with Gasteiger partial charge >= 0.3 is 0 Å². The molecule has 1 unspecified atom stereocenters. The highest BCUT2D eigenvalue weighted by molar-refractivity contribution is 7.92. The first-order chi connectivity index (χ1) is 18.3. The van der Waals surface area contributed by atoms with Crippen molar-refractivity contribution < 1.29 is 22.7 Å². The van der Waals surface area contributed by atoms with Gasteiger partial charge < -0.3 is 15.0 Å². The average molecular weight is 538 g/mol. The van der Waals surface area contributed by atoms with Crippen molar-refractivity contribution in [3.63, 3.8) is 0 Å². The molecule has 0 aromatic heterocycles. The summed E-state index contributed by atoms with van der Waals surface area (Å²) in [6.07, 6.45) is 0.519. The second kappa shape index (κ2) is 13.6. The summed E-state index contributed by atoms with van der Waals surface area (Å²) in [6.45, 7) is 6.00. The Hall–Kier alpha value is -3.85. The molecule has 0 radical (unpaired) electrons. The number of sulfonamides is 1. The Morgan fingerprint density at radius 2 is 1.50 bits per heavy atom. The number of carbonyl (C=O) groups is 2.